The number of hydrogen-bond donors (Lipinski definition) is 1. The summed E-state index contributed by atoms with van der Waals surface area (Å²) >= 11 is 0. The van der Waals surface area contributed by atoms with Gasteiger partial charge in [0.05, 0.1) is 18.2 Å². The van der Waals surface area contributed by atoms with Crippen LogP contribution in [0.1, 0.15) is 16.8 Å². The number of rotatable bonds is 6. The van der Waals surface area contributed by atoms with Crippen molar-refractivity contribution in [3.05, 3.63) is 98.3 Å². The minimum absolute atomic E-state index is 0.262. The molecule has 2 heterocycles. The highest BCUT2D eigenvalue weighted by Gasteiger charge is 2.19. The lowest BCUT2D eigenvalue weighted by Gasteiger charge is -2.15. The van der Waals surface area contributed by atoms with Crippen molar-refractivity contribution in [3.8, 4) is 11.4 Å². The molecule has 0 fully saturated rings. The van der Waals surface area contributed by atoms with Gasteiger partial charge >= 0.3 is 5.69 Å². The number of amides is 1. The van der Waals surface area contributed by atoms with Gasteiger partial charge in [-0.3, -0.25) is 9.59 Å². The van der Waals surface area contributed by atoms with Gasteiger partial charge < -0.3 is 10.1 Å². The van der Waals surface area contributed by atoms with Crippen molar-refractivity contribution in [2.75, 3.05) is 7.11 Å². The maximum atomic E-state index is 13.4. The van der Waals surface area contributed by atoms with Crippen molar-refractivity contribution >= 4 is 16.9 Å². The lowest BCUT2D eigenvalue weighted by molar-refractivity contribution is -0.121. The van der Waals surface area contributed by atoms with Gasteiger partial charge in [-0.15, -0.1) is 0 Å². The maximum Gasteiger partial charge on any atom is 0.337 e. The third-order valence-corrected chi connectivity index (χ3v) is 5.38. The van der Waals surface area contributed by atoms with E-state index < -0.39 is 23.7 Å². The molecule has 1 N–H and O–H groups in total. The fraction of sp³-hybridized carbons (Fsp3) is 0.200. The molecule has 168 valence electrons. The molecule has 1 amide bonds. The number of pyridine rings is 1. The Kier molecular flexibility index (Phi) is 6.08. The highest BCUT2D eigenvalue weighted by atomic mass is 16.5. The molecule has 0 aliphatic rings. The second-order valence-corrected chi connectivity index (χ2v) is 7.75. The number of fused-ring (bicyclic) bond motifs is 1. The maximum absolute atomic E-state index is 13.4. The van der Waals surface area contributed by atoms with Crippen LogP contribution in [0.15, 0.2) is 70.3 Å². The van der Waals surface area contributed by atoms with E-state index in [0.717, 1.165) is 10.1 Å². The first-order chi connectivity index (χ1) is 15.9. The average Bonchev–Trinajstić information content (AvgIpc) is 2.81. The number of para-hydroxylation sites is 1. The second-order valence-electron chi connectivity index (χ2n) is 7.75. The van der Waals surface area contributed by atoms with E-state index in [1.54, 1.807) is 56.5 Å². The summed E-state index contributed by atoms with van der Waals surface area (Å²) in [5, 5.41) is 3.08. The summed E-state index contributed by atoms with van der Waals surface area (Å²) < 4.78 is 7.48. The van der Waals surface area contributed by atoms with Crippen molar-refractivity contribution in [3.63, 3.8) is 0 Å². The number of nitrogens with one attached hydrogen (secondary N) is 1. The Bertz CT molecular complexity index is 1440. The molecule has 0 bridgehead atoms. The molecular weight excluding hydrogens is 420 g/mol. The van der Waals surface area contributed by atoms with E-state index in [4.69, 9.17) is 4.74 Å². The molecule has 0 spiro atoms. The number of carbonyl (C=O) groups excluding carboxylic acids is 1. The van der Waals surface area contributed by atoms with Crippen molar-refractivity contribution < 1.29 is 9.53 Å². The number of carbonyl (C=O) groups is 1. The zero-order valence-corrected chi connectivity index (χ0v) is 18.7. The fourth-order valence-electron chi connectivity index (χ4n) is 3.77. The van der Waals surface area contributed by atoms with Crippen LogP contribution in [0.5, 0.6) is 5.75 Å². The van der Waals surface area contributed by atoms with Crippen LogP contribution < -0.4 is 21.3 Å². The highest BCUT2D eigenvalue weighted by Crippen LogP contribution is 2.16. The second kappa shape index (κ2) is 9.12. The van der Waals surface area contributed by atoms with E-state index >= 15 is 0 Å². The number of aromatic nitrogens is 3. The average molecular weight is 444 g/mol. The predicted molar refractivity (Wildman–Crippen MR) is 126 cm³/mol. The zero-order valence-electron chi connectivity index (χ0n) is 18.7. The van der Waals surface area contributed by atoms with E-state index in [-0.39, 0.29) is 12.2 Å². The molecule has 0 radical (unpaired) electrons. The van der Waals surface area contributed by atoms with Gasteiger partial charge in [-0.1, -0.05) is 30.3 Å². The third-order valence-electron chi connectivity index (χ3n) is 5.38. The Morgan fingerprint density at radius 1 is 1.03 bits per heavy atom. The van der Waals surface area contributed by atoms with Gasteiger partial charge in [0.25, 0.3) is 5.56 Å². The lowest BCUT2D eigenvalue weighted by Crippen LogP contribution is -2.43. The summed E-state index contributed by atoms with van der Waals surface area (Å²) in [6.07, 6.45) is 0. The van der Waals surface area contributed by atoms with Crippen molar-refractivity contribution in [1.29, 1.82) is 0 Å². The number of benzene rings is 2. The minimum atomic E-state index is -0.615. The summed E-state index contributed by atoms with van der Waals surface area (Å²) in [5.41, 5.74) is 1.95. The van der Waals surface area contributed by atoms with E-state index in [1.807, 2.05) is 25.1 Å². The van der Waals surface area contributed by atoms with Gasteiger partial charge in [0.2, 0.25) is 5.91 Å². The van der Waals surface area contributed by atoms with Gasteiger partial charge in [-0.25, -0.2) is 18.9 Å². The van der Waals surface area contributed by atoms with E-state index in [0.29, 0.717) is 28.1 Å². The molecule has 0 unspecified atom stereocenters. The van der Waals surface area contributed by atoms with Gasteiger partial charge in [0.1, 0.15) is 12.3 Å². The van der Waals surface area contributed by atoms with Crippen molar-refractivity contribution in [2.24, 2.45) is 0 Å². The van der Waals surface area contributed by atoms with Crippen LogP contribution in [0.3, 0.4) is 0 Å². The molecular formula is C25H24N4O4. The molecule has 8 nitrogen and oxygen atoms in total. The van der Waals surface area contributed by atoms with Crippen LogP contribution in [0.25, 0.3) is 16.7 Å². The Labute approximate surface area is 190 Å². The van der Waals surface area contributed by atoms with Crippen molar-refractivity contribution in [1.82, 2.24) is 19.4 Å². The number of aryl methyl sites for hydroxylation is 2. The Hall–Kier alpha value is -4.20. The largest absolute Gasteiger partial charge is 0.497 e. The van der Waals surface area contributed by atoms with Crippen LogP contribution in [-0.4, -0.2) is 27.1 Å². The summed E-state index contributed by atoms with van der Waals surface area (Å²) in [6, 6.07) is 18.0. The first kappa shape index (κ1) is 22.0. The molecule has 0 aliphatic carbocycles. The molecule has 8 heteroatoms. The van der Waals surface area contributed by atoms with Gasteiger partial charge in [-0.05, 0) is 55.3 Å². The number of ether oxygens (including phenoxy) is 1. The summed E-state index contributed by atoms with van der Waals surface area (Å²) in [6.45, 7) is 3.47. The molecule has 0 atom stereocenters. The molecule has 4 rings (SSSR count). The van der Waals surface area contributed by atoms with E-state index in [9.17, 15) is 14.4 Å². The molecule has 4 aromatic rings. The first-order valence-corrected chi connectivity index (χ1v) is 10.5. The summed E-state index contributed by atoms with van der Waals surface area (Å²) in [5.74, 6) is 0.273. The summed E-state index contributed by atoms with van der Waals surface area (Å²) in [7, 11) is 1.58. The predicted octanol–water partition coefficient (Wildman–Crippen LogP) is 2.49. The molecule has 0 saturated heterocycles. The first-order valence-electron chi connectivity index (χ1n) is 10.5. The van der Waals surface area contributed by atoms with Crippen LogP contribution >= 0.6 is 0 Å². The molecule has 2 aromatic heterocycles. The normalized spacial score (nSPS) is 10.9. The quantitative estimate of drug-likeness (QED) is 0.493. The van der Waals surface area contributed by atoms with Crippen LogP contribution in [-0.2, 0) is 17.9 Å². The standard InChI is InChI=1S/C25H24N4O4/c1-16-13-17(2)27-23-22(16)24(31)28(25(32)29(23)19-7-5-4-6-8-19)15-21(30)26-14-18-9-11-20(33-3)12-10-18/h4-13H,14-15H2,1-3H3,(H,26,30). The lowest BCUT2D eigenvalue weighted by atomic mass is 10.1. The molecule has 33 heavy (non-hydrogen) atoms. The monoisotopic (exact) mass is 444 g/mol. The van der Waals surface area contributed by atoms with E-state index in [2.05, 4.69) is 10.3 Å². The smallest absolute Gasteiger partial charge is 0.337 e. The Morgan fingerprint density at radius 3 is 2.39 bits per heavy atom. The van der Waals surface area contributed by atoms with Gasteiger partial charge in [0.15, 0.2) is 5.65 Å². The summed E-state index contributed by atoms with van der Waals surface area (Å²) in [4.78, 5) is 43.8. The van der Waals surface area contributed by atoms with E-state index in [1.165, 1.54) is 4.57 Å². The van der Waals surface area contributed by atoms with Gasteiger partial charge in [0, 0.05) is 12.2 Å². The van der Waals surface area contributed by atoms with Crippen LogP contribution in [0.4, 0.5) is 0 Å². The van der Waals surface area contributed by atoms with Gasteiger partial charge in [-0.2, -0.15) is 0 Å². The minimum Gasteiger partial charge on any atom is -0.497 e. The number of nitrogens with zero attached hydrogens (tertiary/aromatic N) is 3. The zero-order chi connectivity index (χ0) is 23.5. The SMILES string of the molecule is COc1ccc(CNC(=O)Cn2c(=O)c3c(C)cc(C)nc3n(-c3ccccc3)c2=O)cc1. The number of methoxy groups -OCH3 is 1. The molecule has 2 aromatic carbocycles. The van der Waals surface area contributed by atoms with Crippen LogP contribution in [0, 0.1) is 13.8 Å². The topological polar surface area (TPSA) is 95.2 Å². The Balaban J connectivity index is 1.73. The highest BCUT2D eigenvalue weighted by molar-refractivity contribution is 5.81. The Morgan fingerprint density at radius 2 is 1.73 bits per heavy atom. The molecule has 0 saturated carbocycles. The fourth-order valence-corrected chi connectivity index (χ4v) is 3.77. The van der Waals surface area contributed by atoms with Crippen LogP contribution in [0.2, 0.25) is 0 Å². The molecule has 0 aliphatic heterocycles. The number of hydrogen-bond acceptors (Lipinski definition) is 5. The third kappa shape index (κ3) is 4.41. The van der Waals surface area contributed by atoms with Crippen molar-refractivity contribution in [2.45, 2.75) is 26.9 Å².